The molecule has 0 unspecified atom stereocenters. The molecule has 2 aromatic rings. The fraction of sp³-hybridized carbons (Fsp3) is 0.350. The van der Waals surface area contributed by atoms with Gasteiger partial charge in [0.1, 0.15) is 5.75 Å². The molecule has 0 atom stereocenters. The lowest BCUT2D eigenvalue weighted by Gasteiger charge is -2.15. The molecule has 6 nitrogen and oxygen atoms in total. The average molecular weight is 393 g/mol. The fourth-order valence-electron chi connectivity index (χ4n) is 2.54. The van der Waals surface area contributed by atoms with Crippen LogP contribution in [0, 0.1) is 0 Å². The van der Waals surface area contributed by atoms with Crippen molar-refractivity contribution in [2.75, 3.05) is 20.8 Å². The first-order valence-corrected chi connectivity index (χ1v) is 8.84. The van der Waals surface area contributed by atoms with Gasteiger partial charge >= 0.3 is 6.61 Å². The summed E-state index contributed by atoms with van der Waals surface area (Å²) in [5, 5.41) is 6.26. The molecular weight excluding hydrogens is 368 g/mol. The van der Waals surface area contributed by atoms with Crippen molar-refractivity contribution in [3.8, 4) is 17.2 Å². The summed E-state index contributed by atoms with van der Waals surface area (Å²) in [7, 11) is 3.23. The maximum atomic E-state index is 12.5. The second kappa shape index (κ2) is 11.0. The molecule has 0 saturated carbocycles. The highest BCUT2D eigenvalue weighted by Gasteiger charge is 2.10. The first kappa shape index (κ1) is 21.3. The number of halogens is 2. The zero-order valence-electron chi connectivity index (χ0n) is 16.2. The summed E-state index contributed by atoms with van der Waals surface area (Å²) in [6.45, 7) is 0.386. The smallest absolute Gasteiger partial charge is 0.387 e. The van der Waals surface area contributed by atoms with Crippen LogP contribution in [0.15, 0.2) is 47.5 Å². The minimum absolute atomic E-state index is 0.136. The van der Waals surface area contributed by atoms with Crippen molar-refractivity contribution in [1.29, 1.82) is 0 Å². The molecule has 2 N–H and O–H groups in total. The second-order valence-electron chi connectivity index (χ2n) is 5.68. The summed E-state index contributed by atoms with van der Waals surface area (Å²) < 4.78 is 40.4. The summed E-state index contributed by atoms with van der Waals surface area (Å²) in [5.41, 5.74) is 1.58. The molecule has 0 radical (unpaired) electrons. The number of methoxy groups -OCH3 is 1. The monoisotopic (exact) mass is 393 g/mol. The molecule has 28 heavy (non-hydrogen) atoms. The van der Waals surface area contributed by atoms with Gasteiger partial charge in [-0.15, -0.1) is 0 Å². The van der Waals surface area contributed by atoms with E-state index >= 15 is 0 Å². The largest absolute Gasteiger partial charge is 0.493 e. The van der Waals surface area contributed by atoms with Crippen LogP contribution in [0.4, 0.5) is 8.78 Å². The number of para-hydroxylation sites is 1. The van der Waals surface area contributed by atoms with Gasteiger partial charge in [-0.3, -0.25) is 4.99 Å². The quantitative estimate of drug-likeness (QED) is 0.504. The van der Waals surface area contributed by atoms with Gasteiger partial charge in [0, 0.05) is 25.7 Å². The molecule has 0 aliphatic heterocycles. The van der Waals surface area contributed by atoms with E-state index in [1.54, 1.807) is 32.4 Å². The maximum Gasteiger partial charge on any atom is 0.387 e. The molecule has 8 heteroatoms. The summed E-state index contributed by atoms with van der Waals surface area (Å²) in [6.07, 6.45) is 0. The van der Waals surface area contributed by atoms with Gasteiger partial charge in [-0.1, -0.05) is 24.3 Å². The van der Waals surface area contributed by atoms with Gasteiger partial charge in [-0.25, -0.2) is 0 Å². The van der Waals surface area contributed by atoms with E-state index in [-0.39, 0.29) is 12.3 Å². The lowest BCUT2D eigenvalue weighted by Crippen LogP contribution is -2.36. The predicted octanol–water partition coefficient (Wildman–Crippen LogP) is 3.56. The van der Waals surface area contributed by atoms with Gasteiger partial charge < -0.3 is 24.8 Å². The van der Waals surface area contributed by atoms with Crippen LogP contribution in [-0.2, 0) is 13.1 Å². The van der Waals surface area contributed by atoms with Crippen molar-refractivity contribution in [3.05, 3.63) is 53.6 Å². The van der Waals surface area contributed by atoms with Crippen LogP contribution < -0.4 is 24.8 Å². The number of hydrogen-bond acceptors (Lipinski definition) is 4. The zero-order chi connectivity index (χ0) is 20.4. The van der Waals surface area contributed by atoms with E-state index in [0.717, 1.165) is 5.56 Å². The minimum Gasteiger partial charge on any atom is -0.493 e. The lowest BCUT2D eigenvalue weighted by atomic mass is 10.2. The van der Waals surface area contributed by atoms with Crippen LogP contribution >= 0.6 is 0 Å². The standard InChI is InChI=1S/C20H25F2N3O3/c1-4-27-17-10-9-14(11-18(17)26-3)12-24-20(23-2)25-13-15-7-5-6-8-16(15)28-19(21)22/h5-11,19H,4,12-13H2,1-3H3,(H2,23,24,25). The maximum absolute atomic E-state index is 12.5. The van der Waals surface area contributed by atoms with E-state index < -0.39 is 6.61 Å². The molecule has 0 amide bonds. The number of hydrogen-bond donors (Lipinski definition) is 2. The second-order valence-corrected chi connectivity index (χ2v) is 5.68. The van der Waals surface area contributed by atoms with Gasteiger partial charge in [0.05, 0.1) is 13.7 Å². The number of nitrogens with zero attached hydrogens (tertiary/aromatic N) is 1. The molecule has 2 aromatic carbocycles. The number of rotatable bonds is 9. The number of benzene rings is 2. The Bertz CT molecular complexity index is 785. The van der Waals surface area contributed by atoms with Crippen molar-refractivity contribution in [2.45, 2.75) is 26.6 Å². The highest BCUT2D eigenvalue weighted by Crippen LogP contribution is 2.28. The number of ether oxygens (including phenoxy) is 3. The topological polar surface area (TPSA) is 64.1 Å². The van der Waals surface area contributed by atoms with E-state index in [1.807, 2.05) is 25.1 Å². The van der Waals surface area contributed by atoms with E-state index in [9.17, 15) is 8.78 Å². The van der Waals surface area contributed by atoms with E-state index in [4.69, 9.17) is 9.47 Å². The zero-order valence-corrected chi connectivity index (χ0v) is 16.2. The van der Waals surface area contributed by atoms with E-state index in [2.05, 4.69) is 20.4 Å². The fourth-order valence-corrected chi connectivity index (χ4v) is 2.54. The summed E-state index contributed by atoms with van der Waals surface area (Å²) >= 11 is 0. The highest BCUT2D eigenvalue weighted by molar-refractivity contribution is 5.79. The van der Waals surface area contributed by atoms with Gasteiger partial charge in [0.25, 0.3) is 0 Å². The third-order valence-corrected chi connectivity index (χ3v) is 3.85. The summed E-state index contributed by atoms with van der Waals surface area (Å²) in [6, 6.07) is 12.3. The van der Waals surface area contributed by atoms with Crippen LogP contribution in [0.25, 0.3) is 0 Å². The van der Waals surface area contributed by atoms with Crippen LogP contribution in [0.2, 0.25) is 0 Å². The third kappa shape index (κ3) is 6.29. The Morgan fingerprint density at radius 2 is 1.79 bits per heavy atom. The van der Waals surface area contributed by atoms with Crippen molar-refractivity contribution in [3.63, 3.8) is 0 Å². The molecule has 152 valence electrons. The summed E-state index contributed by atoms with van der Waals surface area (Å²) in [4.78, 5) is 4.15. The molecule has 2 rings (SSSR count). The molecule has 0 spiro atoms. The SMILES string of the molecule is CCOc1ccc(CNC(=NC)NCc2ccccc2OC(F)F)cc1OC. The molecular formula is C20H25F2N3O3. The van der Waals surface area contributed by atoms with Crippen LogP contribution in [0.5, 0.6) is 17.2 Å². The Hall–Kier alpha value is -3.03. The van der Waals surface area contributed by atoms with Crippen LogP contribution in [-0.4, -0.2) is 33.3 Å². The van der Waals surface area contributed by atoms with Crippen LogP contribution in [0.3, 0.4) is 0 Å². The van der Waals surface area contributed by atoms with Crippen LogP contribution in [0.1, 0.15) is 18.1 Å². The molecule has 0 saturated heterocycles. The van der Waals surface area contributed by atoms with Gasteiger partial charge in [0.15, 0.2) is 17.5 Å². The molecule has 0 fully saturated rings. The first-order chi connectivity index (χ1) is 13.6. The van der Waals surface area contributed by atoms with Crippen molar-refractivity contribution in [1.82, 2.24) is 10.6 Å². The van der Waals surface area contributed by atoms with Crippen molar-refractivity contribution >= 4 is 5.96 Å². The van der Waals surface area contributed by atoms with Gasteiger partial charge in [0.2, 0.25) is 0 Å². The number of aliphatic imine (C=N–C) groups is 1. The normalized spacial score (nSPS) is 11.3. The Morgan fingerprint density at radius 3 is 2.46 bits per heavy atom. The predicted molar refractivity (Wildman–Crippen MR) is 104 cm³/mol. The molecule has 0 aliphatic rings. The number of nitrogens with one attached hydrogen (secondary N) is 2. The molecule has 0 aromatic heterocycles. The average Bonchev–Trinajstić information content (AvgIpc) is 2.69. The lowest BCUT2D eigenvalue weighted by molar-refractivity contribution is -0.0504. The molecule has 0 heterocycles. The first-order valence-electron chi connectivity index (χ1n) is 8.84. The molecule has 0 bridgehead atoms. The van der Waals surface area contributed by atoms with Crippen molar-refractivity contribution < 1.29 is 23.0 Å². The van der Waals surface area contributed by atoms with Crippen molar-refractivity contribution in [2.24, 2.45) is 4.99 Å². The molecule has 0 aliphatic carbocycles. The minimum atomic E-state index is -2.87. The van der Waals surface area contributed by atoms with Gasteiger partial charge in [-0.05, 0) is 30.7 Å². The third-order valence-electron chi connectivity index (χ3n) is 3.85. The Kier molecular flexibility index (Phi) is 8.33. The van der Waals surface area contributed by atoms with Gasteiger partial charge in [-0.2, -0.15) is 8.78 Å². The Labute approximate surface area is 163 Å². The highest BCUT2D eigenvalue weighted by atomic mass is 19.3. The Morgan fingerprint density at radius 1 is 1.04 bits per heavy atom. The summed E-state index contributed by atoms with van der Waals surface area (Å²) in [5.74, 6) is 2.01. The number of alkyl halides is 2. The Balaban J connectivity index is 1.95. The van der Waals surface area contributed by atoms with E-state index in [1.165, 1.54) is 6.07 Å². The number of guanidine groups is 1. The van der Waals surface area contributed by atoms with E-state index in [0.29, 0.717) is 36.2 Å².